The lowest BCUT2D eigenvalue weighted by Crippen LogP contribution is -1.97. The summed E-state index contributed by atoms with van der Waals surface area (Å²) in [4.78, 5) is 0. The Balaban J connectivity index is 1.99. The van der Waals surface area contributed by atoms with Gasteiger partial charge < -0.3 is 4.74 Å². The van der Waals surface area contributed by atoms with Crippen molar-refractivity contribution >= 4 is 11.9 Å². The highest BCUT2D eigenvalue weighted by Crippen LogP contribution is 2.16. The molecular formula is C17H20N2O. The van der Waals surface area contributed by atoms with Gasteiger partial charge in [-0.15, -0.1) is 0 Å². The van der Waals surface area contributed by atoms with E-state index in [1.807, 2.05) is 54.7 Å². The molecule has 2 rings (SSSR count). The van der Waals surface area contributed by atoms with E-state index in [0.717, 1.165) is 35.6 Å². The average molecular weight is 268 g/mol. The van der Waals surface area contributed by atoms with Gasteiger partial charge in [0, 0.05) is 0 Å². The van der Waals surface area contributed by atoms with Crippen molar-refractivity contribution in [2.45, 2.75) is 20.3 Å². The van der Waals surface area contributed by atoms with Crippen LogP contribution in [0.1, 0.15) is 24.5 Å². The molecule has 0 radical (unpaired) electrons. The van der Waals surface area contributed by atoms with E-state index >= 15 is 0 Å². The second-order valence-electron chi connectivity index (χ2n) is 4.60. The lowest BCUT2D eigenvalue weighted by atomic mass is 10.1. The third-order valence-corrected chi connectivity index (χ3v) is 2.89. The Morgan fingerprint density at radius 2 is 1.95 bits per heavy atom. The predicted octanol–water partition coefficient (Wildman–Crippen LogP) is 4.23. The second kappa shape index (κ2) is 7.34. The van der Waals surface area contributed by atoms with Crippen LogP contribution in [-0.2, 0) is 0 Å². The van der Waals surface area contributed by atoms with Crippen LogP contribution in [-0.4, -0.2) is 12.8 Å². The Morgan fingerprint density at radius 3 is 2.65 bits per heavy atom. The lowest BCUT2D eigenvalue weighted by Gasteiger charge is -2.07. The van der Waals surface area contributed by atoms with Crippen LogP contribution < -0.4 is 10.2 Å². The molecule has 0 saturated heterocycles. The van der Waals surface area contributed by atoms with Crippen LogP contribution >= 0.6 is 0 Å². The molecule has 2 aromatic rings. The predicted molar refractivity (Wildman–Crippen MR) is 84.6 cm³/mol. The number of nitrogens with one attached hydrogen (secondary N) is 1. The molecule has 2 aromatic carbocycles. The number of nitrogens with zero attached hydrogens (tertiary/aromatic N) is 1. The third-order valence-electron chi connectivity index (χ3n) is 2.89. The van der Waals surface area contributed by atoms with E-state index in [4.69, 9.17) is 4.74 Å². The highest BCUT2D eigenvalue weighted by molar-refractivity contribution is 5.82. The van der Waals surface area contributed by atoms with Gasteiger partial charge >= 0.3 is 0 Å². The number of rotatable bonds is 6. The Hall–Kier alpha value is -2.29. The Labute approximate surface area is 120 Å². The third kappa shape index (κ3) is 4.12. The number of hydrogen-bond acceptors (Lipinski definition) is 3. The van der Waals surface area contributed by atoms with Crippen molar-refractivity contribution < 1.29 is 4.74 Å². The van der Waals surface area contributed by atoms with E-state index < -0.39 is 0 Å². The van der Waals surface area contributed by atoms with Crippen molar-refractivity contribution in [3.63, 3.8) is 0 Å². The normalized spacial score (nSPS) is 10.7. The summed E-state index contributed by atoms with van der Waals surface area (Å²) in [7, 11) is 0. The monoisotopic (exact) mass is 268 g/mol. The number of ether oxygens (including phenoxy) is 1. The van der Waals surface area contributed by atoms with Crippen LogP contribution in [0.3, 0.4) is 0 Å². The van der Waals surface area contributed by atoms with Gasteiger partial charge in [0.2, 0.25) is 0 Å². The van der Waals surface area contributed by atoms with E-state index in [-0.39, 0.29) is 0 Å². The fourth-order valence-electron chi connectivity index (χ4n) is 1.79. The first-order valence-corrected chi connectivity index (χ1v) is 6.87. The van der Waals surface area contributed by atoms with Gasteiger partial charge in [-0.1, -0.05) is 25.1 Å². The zero-order valence-corrected chi connectivity index (χ0v) is 12.0. The van der Waals surface area contributed by atoms with E-state index in [9.17, 15) is 0 Å². The van der Waals surface area contributed by atoms with Crippen LogP contribution in [0.2, 0.25) is 0 Å². The maximum atomic E-state index is 5.60. The lowest BCUT2D eigenvalue weighted by molar-refractivity contribution is 0.317. The molecule has 0 amide bonds. The quantitative estimate of drug-likeness (QED) is 0.628. The fraction of sp³-hybridized carbons (Fsp3) is 0.235. The summed E-state index contributed by atoms with van der Waals surface area (Å²) in [5.41, 5.74) is 6.21. The molecule has 1 N–H and O–H groups in total. The molecule has 0 aliphatic heterocycles. The molecule has 0 heterocycles. The van der Waals surface area contributed by atoms with Crippen LogP contribution in [0.25, 0.3) is 0 Å². The molecule has 0 unspecified atom stereocenters. The molecule has 0 bridgehead atoms. The highest BCUT2D eigenvalue weighted by atomic mass is 16.5. The number of aryl methyl sites for hydroxylation is 1. The second-order valence-corrected chi connectivity index (χ2v) is 4.60. The van der Waals surface area contributed by atoms with E-state index in [1.165, 1.54) is 0 Å². The smallest absolute Gasteiger partial charge is 0.119 e. The van der Waals surface area contributed by atoms with Crippen molar-refractivity contribution in [1.29, 1.82) is 0 Å². The summed E-state index contributed by atoms with van der Waals surface area (Å²) in [5.74, 6) is 0.914. The molecule has 0 aromatic heterocycles. The first kappa shape index (κ1) is 14.1. The molecule has 0 aliphatic rings. The molecule has 104 valence electrons. The number of hydrogen-bond donors (Lipinski definition) is 1. The van der Waals surface area contributed by atoms with Gasteiger partial charge in [0.15, 0.2) is 0 Å². The zero-order chi connectivity index (χ0) is 14.2. The number of hydrazone groups is 1. The summed E-state index contributed by atoms with van der Waals surface area (Å²) in [6, 6.07) is 15.9. The zero-order valence-electron chi connectivity index (χ0n) is 12.0. The van der Waals surface area contributed by atoms with Crippen molar-refractivity contribution in [2.24, 2.45) is 5.10 Å². The van der Waals surface area contributed by atoms with Crippen LogP contribution in [0.15, 0.2) is 53.6 Å². The van der Waals surface area contributed by atoms with Crippen molar-refractivity contribution in [3.05, 3.63) is 59.7 Å². The Kier molecular flexibility index (Phi) is 5.18. The number of para-hydroxylation sites is 1. The number of benzene rings is 2. The SMILES string of the molecule is CCCOc1ccc(C=NNc2ccccc2)c(C)c1. The Bertz CT molecular complexity index is 564. The maximum absolute atomic E-state index is 5.60. The van der Waals surface area contributed by atoms with Gasteiger partial charge in [0.1, 0.15) is 5.75 Å². The molecule has 0 spiro atoms. The summed E-state index contributed by atoms with van der Waals surface area (Å²) in [6.07, 6.45) is 2.84. The summed E-state index contributed by atoms with van der Waals surface area (Å²) in [5, 5.41) is 4.25. The summed E-state index contributed by atoms with van der Waals surface area (Å²) in [6.45, 7) is 4.91. The molecule has 3 nitrogen and oxygen atoms in total. The van der Waals surface area contributed by atoms with Crippen molar-refractivity contribution in [3.8, 4) is 5.75 Å². The van der Waals surface area contributed by atoms with E-state index in [1.54, 1.807) is 0 Å². The largest absolute Gasteiger partial charge is 0.494 e. The van der Waals surface area contributed by atoms with Crippen LogP contribution in [0.5, 0.6) is 5.75 Å². The average Bonchev–Trinajstić information content (AvgIpc) is 2.48. The molecule has 3 heteroatoms. The van der Waals surface area contributed by atoms with Gasteiger partial charge in [-0.2, -0.15) is 5.10 Å². The molecule has 20 heavy (non-hydrogen) atoms. The van der Waals surface area contributed by atoms with Gasteiger partial charge in [-0.3, -0.25) is 5.43 Å². The molecule has 0 atom stereocenters. The van der Waals surface area contributed by atoms with E-state index in [2.05, 4.69) is 24.4 Å². The highest BCUT2D eigenvalue weighted by Gasteiger charge is 1.98. The minimum Gasteiger partial charge on any atom is -0.494 e. The first-order valence-electron chi connectivity index (χ1n) is 6.87. The summed E-state index contributed by atoms with van der Waals surface area (Å²) < 4.78 is 5.60. The molecule has 0 saturated carbocycles. The Morgan fingerprint density at radius 1 is 1.15 bits per heavy atom. The van der Waals surface area contributed by atoms with Crippen molar-refractivity contribution in [2.75, 3.05) is 12.0 Å². The van der Waals surface area contributed by atoms with E-state index in [0.29, 0.717) is 0 Å². The molecule has 0 fully saturated rings. The minimum atomic E-state index is 0.752. The maximum Gasteiger partial charge on any atom is 0.119 e. The standard InChI is InChI=1S/C17H20N2O/c1-3-11-20-17-10-9-15(14(2)12-17)13-18-19-16-7-5-4-6-8-16/h4-10,12-13,19H,3,11H2,1-2H3. The van der Waals surface area contributed by atoms with Crippen LogP contribution in [0.4, 0.5) is 5.69 Å². The van der Waals surface area contributed by atoms with Gasteiger partial charge in [0.25, 0.3) is 0 Å². The van der Waals surface area contributed by atoms with Gasteiger partial charge in [-0.25, -0.2) is 0 Å². The first-order chi connectivity index (χ1) is 9.79. The van der Waals surface area contributed by atoms with Gasteiger partial charge in [0.05, 0.1) is 18.5 Å². The minimum absolute atomic E-state index is 0.752. The topological polar surface area (TPSA) is 33.6 Å². The number of anilines is 1. The molecular weight excluding hydrogens is 248 g/mol. The molecule has 0 aliphatic carbocycles. The van der Waals surface area contributed by atoms with Crippen molar-refractivity contribution in [1.82, 2.24) is 0 Å². The van der Waals surface area contributed by atoms with Crippen LogP contribution in [0, 0.1) is 6.92 Å². The summed E-state index contributed by atoms with van der Waals surface area (Å²) >= 11 is 0. The van der Waals surface area contributed by atoms with Gasteiger partial charge in [-0.05, 0) is 54.8 Å². The fourth-order valence-corrected chi connectivity index (χ4v) is 1.79.